The zero-order valence-electron chi connectivity index (χ0n) is 18.0. The summed E-state index contributed by atoms with van der Waals surface area (Å²) in [4.78, 5) is 0.200. The maximum atomic E-state index is 12.5. The van der Waals surface area contributed by atoms with Gasteiger partial charge in [0.2, 0.25) is 15.9 Å². The number of methoxy groups -OCH3 is 1. The van der Waals surface area contributed by atoms with Gasteiger partial charge in [0.25, 0.3) is 0 Å². The molecule has 0 saturated carbocycles. The van der Waals surface area contributed by atoms with E-state index in [1.807, 2.05) is 54.6 Å². The molecule has 0 fully saturated rings. The Morgan fingerprint density at radius 1 is 0.758 bits per heavy atom. The fourth-order valence-corrected chi connectivity index (χ4v) is 4.20. The van der Waals surface area contributed by atoms with E-state index in [-0.39, 0.29) is 18.0 Å². The highest BCUT2D eigenvalue weighted by molar-refractivity contribution is 7.89. The standard InChI is InChI=1S/C25H23N3O4S/c1-31-22-11-7-21(8-12-22)24-15-16-25(28-27-24)32-18-17-26-33(29,30)23-13-9-20(10-14-23)19-5-3-2-4-6-19/h2-16,26H,17-18H2,1H3. The minimum atomic E-state index is -3.64. The zero-order chi connectivity index (χ0) is 23.1. The van der Waals surface area contributed by atoms with E-state index in [4.69, 9.17) is 9.47 Å². The molecule has 0 unspecified atom stereocenters. The number of ether oxygens (including phenoxy) is 2. The van der Waals surface area contributed by atoms with Crippen LogP contribution in [-0.2, 0) is 10.0 Å². The first kappa shape index (κ1) is 22.4. The average molecular weight is 462 g/mol. The molecular weight excluding hydrogens is 438 g/mol. The highest BCUT2D eigenvalue weighted by Crippen LogP contribution is 2.22. The Labute approximate surface area is 193 Å². The molecule has 4 rings (SSSR count). The van der Waals surface area contributed by atoms with Crippen LogP contribution in [0.15, 0.2) is 95.9 Å². The van der Waals surface area contributed by atoms with Crippen molar-refractivity contribution in [3.05, 3.63) is 91.0 Å². The molecule has 0 aliphatic carbocycles. The second kappa shape index (κ2) is 10.2. The van der Waals surface area contributed by atoms with Crippen molar-refractivity contribution in [3.8, 4) is 34.0 Å². The molecule has 0 aliphatic heterocycles. The van der Waals surface area contributed by atoms with Gasteiger partial charge in [-0.25, -0.2) is 13.1 Å². The Kier molecular flexibility index (Phi) is 6.97. The third kappa shape index (κ3) is 5.74. The Morgan fingerprint density at radius 3 is 2.06 bits per heavy atom. The lowest BCUT2D eigenvalue weighted by Gasteiger charge is -2.09. The van der Waals surface area contributed by atoms with Gasteiger partial charge in [-0.2, -0.15) is 0 Å². The van der Waals surface area contributed by atoms with Crippen LogP contribution in [0.5, 0.6) is 11.6 Å². The summed E-state index contributed by atoms with van der Waals surface area (Å²) in [6, 6.07) is 27.5. The Hall–Kier alpha value is -3.75. The lowest BCUT2D eigenvalue weighted by molar-refractivity contribution is 0.307. The lowest BCUT2D eigenvalue weighted by Crippen LogP contribution is -2.28. The zero-order valence-corrected chi connectivity index (χ0v) is 18.8. The Balaban J connectivity index is 1.29. The van der Waals surface area contributed by atoms with Crippen LogP contribution in [0.2, 0.25) is 0 Å². The van der Waals surface area contributed by atoms with Crippen LogP contribution in [-0.4, -0.2) is 38.9 Å². The molecule has 0 spiro atoms. The smallest absolute Gasteiger partial charge is 0.240 e. The molecule has 3 aromatic carbocycles. The molecule has 0 atom stereocenters. The number of hydrogen-bond donors (Lipinski definition) is 1. The van der Waals surface area contributed by atoms with Crippen molar-refractivity contribution in [2.24, 2.45) is 0 Å². The fraction of sp³-hybridized carbons (Fsp3) is 0.120. The second-order valence-corrected chi connectivity index (χ2v) is 8.89. The summed E-state index contributed by atoms with van der Waals surface area (Å²) in [5, 5.41) is 8.21. The van der Waals surface area contributed by atoms with Crippen molar-refractivity contribution in [1.29, 1.82) is 0 Å². The van der Waals surface area contributed by atoms with Gasteiger partial charge in [-0.05, 0) is 53.6 Å². The molecule has 0 radical (unpaired) electrons. The quantitative estimate of drug-likeness (QED) is 0.376. The van der Waals surface area contributed by atoms with E-state index >= 15 is 0 Å². The van der Waals surface area contributed by atoms with Crippen molar-refractivity contribution < 1.29 is 17.9 Å². The van der Waals surface area contributed by atoms with E-state index in [0.29, 0.717) is 11.6 Å². The van der Waals surface area contributed by atoms with Crippen LogP contribution < -0.4 is 14.2 Å². The summed E-state index contributed by atoms with van der Waals surface area (Å²) in [6.07, 6.45) is 0. The molecule has 7 nitrogen and oxygen atoms in total. The summed E-state index contributed by atoms with van der Waals surface area (Å²) in [5.74, 6) is 1.08. The number of hydrogen-bond acceptors (Lipinski definition) is 6. The fourth-order valence-electron chi connectivity index (χ4n) is 3.18. The highest BCUT2D eigenvalue weighted by atomic mass is 32.2. The van der Waals surface area contributed by atoms with Gasteiger partial charge < -0.3 is 9.47 Å². The molecule has 1 aromatic heterocycles. The van der Waals surface area contributed by atoms with Crippen molar-refractivity contribution in [1.82, 2.24) is 14.9 Å². The van der Waals surface area contributed by atoms with Crippen molar-refractivity contribution in [2.75, 3.05) is 20.3 Å². The molecule has 4 aromatic rings. The normalized spacial score (nSPS) is 11.2. The van der Waals surface area contributed by atoms with Crippen molar-refractivity contribution in [2.45, 2.75) is 4.90 Å². The van der Waals surface area contributed by atoms with E-state index in [1.165, 1.54) is 0 Å². The second-order valence-electron chi connectivity index (χ2n) is 7.12. The summed E-state index contributed by atoms with van der Waals surface area (Å²) >= 11 is 0. The van der Waals surface area contributed by atoms with Gasteiger partial charge in [-0.15, -0.1) is 10.2 Å². The van der Waals surface area contributed by atoms with Crippen LogP contribution in [0.1, 0.15) is 0 Å². The van der Waals surface area contributed by atoms with Crippen molar-refractivity contribution in [3.63, 3.8) is 0 Å². The first-order valence-corrected chi connectivity index (χ1v) is 11.8. The number of nitrogens with zero attached hydrogens (tertiary/aromatic N) is 2. The maximum Gasteiger partial charge on any atom is 0.240 e. The minimum Gasteiger partial charge on any atom is -0.497 e. The molecule has 0 saturated heterocycles. The number of sulfonamides is 1. The minimum absolute atomic E-state index is 0.102. The predicted octanol–water partition coefficient (Wildman–Crippen LogP) is 4.18. The number of aromatic nitrogens is 2. The average Bonchev–Trinajstić information content (AvgIpc) is 2.88. The molecule has 1 heterocycles. The molecule has 1 N–H and O–H groups in total. The third-order valence-corrected chi connectivity index (χ3v) is 6.42. The van der Waals surface area contributed by atoms with Gasteiger partial charge in [0.05, 0.1) is 17.7 Å². The Morgan fingerprint density at radius 2 is 1.42 bits per heavy atom. The first-order chi connectivity index (χ1) is 16.0. The summed E-state index contributed by atoms with van der Waals surface area (Å²) in [6.45, 7) is 0.225. The van der Waals surface area contributed by atoms with Gasteiger partial charge in [-0.3, -0.25) is 0 Å². The lowest BCUT2D eigenvalue weighted by atomic mass is 10.1. The van der Waals surface area contributed by atoms with Crippen LogP contribution in [0, 0.1) is 0 Å². The SMILES string of the molecule is COc1ccc(-c2ccc(OCCNS(=O)(=O)c3ccc(-c4ccccc4)cc3)nn2)cc1. The summed E-state index contributed by atoms with van der Waals surface area (Å²) in [5.41, 5.74) is 3.59. The van der Waals surface area contributed by atoms with Gasteiger partial charge in [0.1, 0.15) is 12.4 Å². The van der Waals surface area contributed by atoms with Crippen molar-refractivity contribution >= 4 is 10.0 Å². The van der Waals surface area contributed by atoms with Gasteiger partial charge in [-0.1, -0.05) is 42.5 Å². The van der Waals surface area contributed by atoms with E-state index < -0.39 is 10.0 Å². The van der Waals surface area contributed by atoms with Crippen LogP contribution in [0.3, 0.4) is 0 Å². The molecule has 0 bridgehead atoms. The largest absolute Gasteiger partial charge is 0.497 e. The van der Waals surface area contributed by atoms with Gasteiger partial charge >= 0.3 is 0 Å². The predicted molar refractivity (Wildman–Crippen MR) is 127 cm³/mol. The highest BCUT2D eigenvalue weighted by Gasteiger charge is 2.13. The summed E-state index contributed by atoms with van der Waals surface area (Å²) in [7, 11) is -2.02. The van der Waals surface area contributed by atoms with E-state index in [1.54, 1.807) is 43.5 Å². The van der Waals surface area contributed by atoms with E-state index in [2.05, 4.69) is 14.9 Å². The molecule has 168 valence electrons. The number of rotatable bonds is 9. The van der Waals surface area contributed by atoms with E-state index in [0.717, 1.165) is 22.4 Å². The number of nitrogens with one attached hydrogen (secondary N) is 1. The van der Waals surface area contributed by atoms with Crippen LogP contribution in [0.4, 0.5) is 0 Å². The summed E-state index contributed by atoms with van der Waals surface area (Å²) < 4.78 is 38.3. The monoisotopic (exact) mass is 461 g/mol. The van der Waals surface area contributed by atoms with Gasteiger partial charge in [0.15, 0.2) is 0 Å². The Bertz CT molecular complexity index is 1280. The van der Waals surface area contributed by atoms with Crippen LogP contribution >= 0.6 is 0 Å². The van der Waals surface area contributed by atoms with E-state index in [9.17, 15) is 8.42 Å². The van der Waals surface area contributed by atoms with Crippen LogP contribution in [0.25, 0.3) is 22.4 Å². The molecule has 33 heavy (non-hydrogen) atoms. The van der Waals surface area contributed by atoms with Gasteiger partial charge in [0, 0.05) is 18.2 Å². The topological polar surface area (TPSA) is 90.4 Å². The third-order valence-electron chi connectivity index (χ3n) is 4.94. The number of benzene rings is 3. The maximum absolute atomic E-state index is 12.5. The molecule has 0 aliphatic rings. The molecular formula is C25H23N3O4S. The first-order valence-electron chi connectivity index (χ1n) is 10.3. The molecule has 0 amide bonds. The molecule has 8 heteroatoms.